The number of nitrogens with one attached hydrogen (secondary N) is 1. The van der Waals surface area contributed by atoms with Gasteiger partial charge in [0.2, 0.25) is 0 Å². The monoisotopic (exact) mass is 264 g/mol. The standard InChI is InChI=1S/C12H16N4OS/c1-10(17)18-11-5-7-16(8-11)9-14-15-12-4-2-3-6-13-12/h2-4,6,9,11H,5,7-8H2,1H3,(H,13,15). The van der Waals surface area contributed by atoms with Crippen LogP contribution in [-0.4, -0.2) is 39.7 Å². The molecule has 2 rings (SSSR count). The van der Waals surface area contributed by atoms with Gasteiger partial charge >= 0.3 is 0 Å². The van der Waals surface area contributed by atoms with Crippen molar-refractivity contribution >= 4 is 29.0 Å². The maximum Gasteiger partial charge on any atom is 0.186 e. The average molecular weight is 264 g/mol. The van der Waals surface area contributed by atoms with Gasteiger partial charge in [-0.25, -0.2) is 4.98 Å². The minimum Gasteiger partial charge on any atom is -0.360 e. The largest absolute Gasteiger partial charge is 0.360 e. The first kappa shape index (κ1) is 12.9. The van der Waals surface area contributed by atoms with E-state index in [1.165, 1.54) is 11.8 Å². The van der Waals surface area contributed by atoms with E-state index < -0.39 is 0 Å². The summed E-state index contributed by atoms with van der Waals surface area (Å²) in [6.07, 6.45) is 4.52. The van der Waals surface area contributed by atoms with Gasteiger partial charge in [0.05, 0.1) is 0 Å². The molecule has 2 heterocycles. The van der Waals surface area contributed by atoms with Crippen LogP contribution in [0, 0.1) is 0 Å². The van der Waals surface area contributed by atoms with Crippen molar-refractivity contribution in [1.29, 1.82) is 0 Å². The predicted octanol–water partition coefficient (Wildman–Crippen LogP) is 1.79. The number of hydrazone groups is 1. The Labute approximate surface area is 111 Å². The van der Waals surface area contributed by atoms with Crippen LogP contribution in [0.3, 0.4) is 0 Å². The van der Waals surface area contributed by atoms with E-state index in [9.17, 15) is 4.79 Å². The van der Waals surface area contributed by atoms with E-state index in [-0.39, 0.29) is 5.12 Å². The normalized spacial score (nSPS) is 19.4. The van der Waals surface area contributed by atoms with E-state index in [1.54, 1.807) is 19.5 Å². The Morgan fingerprint density at radius 3 is 3.28 bits per heavy atom. The van der Waals surface area contributed by atoms with Gasteiger partial charge in [-0.05, 0) is 18.6 Å². The summed E-state index contributed by atoms with van der Waals surface area (Å²) in [7, 11) is 0. The molecule has 1 aromatic rings. The van der Waals surface area contributed by atoms with E-state index in [0.29, 0.717) is 5.25 Å². The molecule has 1 N–H and O–H groups in total. The minimum absolute atomic E-state index is 0.186. The van der Waals surface area contributed by atoms with Gasteiger partial charge < -0.3 is 4.90 Å². The zero-order chi connectivity index (χ0) is 12.8. The molecule has 6 heteroatoms. The molecule has 0 amide bonds. The summed E-state index contributed by atoms with van der Waals surface area (Å²) in [6.45, 7) is 3.43. The Bertz CT molecular complexity index is 423. The lowest BCUT2D eigenvalue weighted by atomic mass is 10.4. The number of carbonyl (C=O) groups excluding carboxylic acids is 1. The first-order valence-electron chi connectivity index (χ1n) is 5.85. The second-order valence-corrected chi connectivity index (χ2v) is 5.56. The van der Waals surface area contributed by atoms with Crippen LogP contribution in [0.1, 0.15) is 13.3 Å². The molecular weight excluding hydrogens is 248 g/mol. The number of pyridine rings is 1. The molecule has 0 aliphatic carbocycles. The molecule has 5 nitrogen and oxygen atoms in total. The van der Waals surface area contributed by atoms with Crippen LogP contribution in [0.4, 0.5) is 5.82 Å². The van der Waals surface area contributed by atoms with Gasteiger partial charge in [-0.2, -0.15) is 5.10 Å². The third-order valence-corrected chi connectivity index (χ3v) is 3.62. The molecule has 96 valence electrons. The number of anilines is 1. The van der Waals surface area contributed by atoms with Crippen LogP contribution in [-0.2, 0) is 4.79 Å². The van der Waals surface area contributed by atoms with Crippen molar-refractivity contribution < 1.29 is 4.79 Å². The second-order valence-electron chi connectivity index (χ2n) is 4.09. The molecule has 0 bridgehead atoms. The molecule has 0 aromatic carbocycles. The smallest absolute Gasteiger partial charge is 0.186 e. The van der Waals surface area contributed by atoms with Crippen molar-refractivity contribution in [3.8, 4) is 0 Å². The summed E-state index contributed by atoms with van der Waals surface area (Å²) < 4.78 is 0. The number of carbonyl (C=O) groups is 1. The quantitative estimate of drug-likeness (QED) is 0.510. The van der Waals surface area contributed by atoms with Crippen LogP contribution in [0.25, 0.3) is 0 Å². The van der Waals surface area contributed by atoms with Crippen LogP contribution in [0.15, 0.2) is 29.5 Å². The zero-order valence-electron chi connectivity index (χ0n) is 10.2. The van der Waals surface area contributed by atoms with E-state index in [4.69, 9.17) is 0 Å². The molecular formula is C12H16N4OS. The van der Waals surface area contributed by atoms with Crippen molar-refractivity contribution in [2.24, 2.45) is 5.10 Å². The zero-order valence-corrected chi connectivity index (χ0v) is 11.1. The number of nitrogens with zero attached hydrogens (tertiary/aromatic N) is 3. The van der Waals surface area contributed by atoms with E-state index in [0.717, 1.165) is 25.3 Å². The van der Waals surface area contributed by atoms with Gasteiger partial charge in [0, 0.05) is 31.5 Å². The fourth-order valence-electron chi connectivity index (χ4n) is 1.80. The highest BCUT2D eigenvalue weighted by Crippen LogP contribution is 2.21. The highest BCUT2D eigenvalue weighted by Gasteiger charge is 2.22. The molecule has 1 fully saturated rings. The third kappa shape index (κ3) is 4.03. The van der Waals surface area contributed by atoms with Gasteiger partial charge in [-0.3, -0.25) is 10.2 Å². The van der Waals surface area contributed by atoms with Crippen molar-refractivity contribution in [2.75, 3.05) is 18.5 Å². The Morgan fingerprint density at radius 1 is 1.67 bits per heavy atom. The molecule has 1 unspecified atom stereocenters. The van der Waals surface area contributed by atoms with Gasteiger partial charge in [-0.15, -0.1) is 0 Å². The summed E-state index contributed by atoms with van der Waals surface area (Å²) in [6, 6.07) is 5.62. The Balaban J connectivity index is 1.76. The lowest BCUT2D eigenvalue weighted by molar-refractivity contribution is -0.109. The first-order valence-corrected chi connectivity index (χ1v) is 6.73. The lowest BCUT2D eigenvalue weighted by Crippen LogP contribution is -2.20. The van der Waals surface area contributed by atoms with Crippen molar-refractivity contribution in [3.63, 3.8) is 0 Å². The fourth-order valence-corrected chi connectivity index (χ4v) is 2.75. The molecule has 1 saturated heterocycles. The molecule has 1 atom stereocenters. The number of hydrogen-bond acceptors (Lipinski definition) is 5. The van der Waals surface area contributed by atoms with Gasteiger partial charge in [0.25, 0.3) is 0 Å². The second kappa shape index (κ2) is 6.39. The average Bonchev–Trinajstić information content (AvgIpc) is 2.77. The predicted molar refractivity (Wildman–Crippen MR) is 74.6 cm³/mol. The van der Waals surface area contributed by atoms with E-state index in [1.807, 2.05) is 18.2 Å². The van der Waals surface area contributed by atoms with Gasteiger partial charge in [0.15, 0.2) is 5.12 Å². The number of hydrogen-bond donors (Lipinski definition) is 1. The summed E-state index contributed by atoms with van der Waals surface area (Å²) in [5, 5.41) is 4.71. The highest BCUT2D eigenvalue weighted by atomic mass is 32.2. The topological polar surface area (TPSA) is 57.6 Å². The number of likely N-dealkylation sites (tertiary alicyclic amines) is 1. The van der Waals surface area contributed by atoms with Gasteiger partial charge in [0.1, 0.15) is 12.2 Å². The molecule has 1 aliphatic rings. The molecule has 0 spiro atoms. The molecule has 18 heavy (non-hydrogen) atoms. The van der Waals surface area contributed by atoms with Crippen molar-refractivity contribution in [2.45, 2.75) is 18.6 Å². The summed E-state index contributed by atoms with van der Waals surface area (Å²) in [5.74, 6) is 0.725. The van der Waals surface area contributed by atoms with Crippen molar-refractivity contribution in [1.82, 2.24) is 9.88 Å². The molecule has 1 aromatic heterocycles. The first-order chi connectivity index (χ1) is 8.74. The summed E-state index contributed by atoms with van der Waals surface area (Å²) >= 11 is 1.42. The maximum absolute atomic E-state index is 11.0. The Hall–Kier alpha value is -1.56. The Kier molecular flexibility index (Phi) is 4.58. The fraction of sp³-hybridized carbons (Fsp3) is 0.417. The highest BCUT2D eigenvalue weighted by molar-refractivity contribution is 8.14. The Morgan fingerprint density at radius 2 is 2.56 bits per heavy atom. The lowest BCUT2D eigenvalue weighted by Gasteiger charge is -2.11. The van der Waals surface area contributed by atoms with Crippen molar-refractivity contribution in [3.05, 3.63) is 24.4 Å². The maximum atomic E-state index is 11.0. The van der Waals surface area contributed by atoms with Crippen LogP contribution in [0.5, 0.6) is 0 Å². The minimum atomic E-state index is 0.186. The van der Waals surface area contributed by atoms with Crippen LogP contribution in [0.2, 0.25) is 0 Å². The molecule has 1 aliphatic heterocycles. The molecule has 0 radical (unpaired) electrons. The van der Waals surface area contributed by atoms with Crippen LogP contribution >= 0.6 is 11.8 Å². The number of thioether (sulfide) groups is 1. The van der Waals surface area contributed by atoms with Crippen LogP contribution < -0.4 is 5.43 Å². The van der Waals surface area contributed by atoms with E-state index >= 15 is 0 Å². The number of rotatable bonds is 4. The molecule has 0 saturated carbocycles. The third-order valence-electron chi connectivity index (χ3n) is 2.57. The van der Waals surface area contributed by atoms with E-state index in [2.05, 4.69) is 20.4 Å². The summed E-state index contributed by atoms with van der Waals surface area (Å²) in [5.41, 5.74) is 2.87. The number of aromatic nitrogens is 1. The van der Waals surface area contributed by atoms with Gasteiger partial charge in [-0.1, -0.05) is 17.8 Å². The summed E-state index contributed by atoms with van der Waals surface area (Å²) in [4.78, 5) is 17.2. The SMILES string of the molecule is CC(=O)SC1CCN(C=NNc2ccccn2)C1.